The molecule has 0 fully saturated rings. The van der Waals surface area contributed by atoms with Crippen LogP contribution in [-0.2, 0) is 0 Å². The summed E-state index contributed by atoms with van der Waals surface area (Å²) in [5, 5.41) is 11.0. The average Bonchev–Trinajstić information content (AvgIpc) is 2.30. The summed E-state index contributed by atoms with van der Waals surface area (Å²) in [6.07, 6.45) is -4.53. The van der Waals surface area contributed by atoms with E-state index in [2.05, 4.69) is 21.2 Å². The van der Waals surface area contributed by atoms with Gasteiger partial charge in [-0.3, -0.25) is 0 Å². The molecule has 1 unspecified atom stereocenters. The van der Waals surface area contributed by atoms with Crippen LogP contribution >= 0.6 is 15.9 Å². The van der Waals surface area contributed by atoms with Crippen LogP contribution in [0, 0.1) is 17.2 Å². The van der Waals surface area contributed by atoms with Crippen molar-refractivity contribution in [1.29, 1.82) is 5.26 Å². The number of nitriles is 1. The second-order valence-corrected chi connectivity index (χ2v) is 4.30. The second kappa shape index (κ2) is 5.96. The van der Waals surface area contributed by atoms with E-state index in [9.17, 15) is 13.2 Å². The number of ether oxygens (including phenoxy) is 1. The monoisotopic (exact) mass is 322 g/mol. The van der Waals surface area contributed by atoms with Crippen LogP contribution in [0.15, 0.2) is 22.7 Å². The van der Waals surface area contributed by atoms with E-state index < -0.39 is 18.6 Å². The van der Waals surface area contributed by atoms with Crippen LogP contribution < -0.4 is 10.1 Å². The minimum absolute atomic E-state index is 0.443. The van der Waals surface area contributed by atoms with E-state index in [1.54, 1.807) is 18.2 Å². The first-order valence-corrected chi connectivity index (χ1v) is 5.71. The molecule has 0 heterocycles. The summed E-state index contributed by atoms with van der Waals surface area (Å²) in [5.74, 6) is -1.53. The quantitative estimate of drug-likeness (QED) is 0.921. The number of benzene rings is 1. The molecule has 0 aromatic heterocycles. The molecule has 1 rings (SSSR count). The highest BCUT2D eigenvalue weighted by molar-refractivity contribution is 9.10. The molecule has 0 bridgehead atoms. The fourth-order valence-corrected chi connectivity index (χ4v) is 1.60. The maximum Gasteiger partial charge on any atom is 0.406 e. The van der Waals surface area contributed by atoms with E-state index in [0.717, 1.165) is 0 Å². The van der Waals surface area contributed by atoms with Gasteiger partial charge in [-0.25, -0.2) is 0 Å². The topological polar surface area (TPSA) is 45.0 Å². The number of nitrogens with one attached hydrogen (secondary N) is 1. The van der Waals surface area contributed by atoms with E-state index in [-0.39, 0.29) is 0 Å². The summed E-state index contributed by atoms with van der Waals surface area (Å²) >= 11 is 3.20. The number of nitrogens with zero attached hydrogens (tertiary/aromatic N) is 1. The first-order valence-electron chi connectivity index (χ1n) is 4.92. The predicted molar refractivity (Wildman–Crippen MR) is 64.3 cm³/mol. The predicted octanol–water partition coefficient (Wildman–Crippen LogP) is 3.57. The molecule has 0 aliphatic carbocycles. The summed E-state index contributed by atoms with van der Waals surface area (Å²) in [7, 11) is 1.46. The number of halogens is 4. The van der Waals surface area contributed by atoms with Crippen LogP contribution in [0.5, 0.6) is 5.75 Å². The Labute approximate surface area is 111 Å². The third-order valence-corrected chi connectivity index (χ3v) is 2.91. The van der Waals surface area contributed by atoms with Gasteiger partial charge in [0.05, 0.1) is 18.9 Å². The van der Waals surface area contributed by atoms with Gasteiger partial charge in [0.1, 0.15) is 5.75 Å². The van der Waals surface area contributed by atoms with Crippen molar-refractivity contribution >= 4 is 21.6 Å². The van der Waals surface area contributed by atoms with Gasteiger partial charge in [0.15, 0.2) is 5.92 Å². The zero-order valence-electron chi connectivity index (χ0n) is 9.38. The summed E-state index contributed by atoms with van der Waals surface area (Å²) in [5.41, 5.74) is 0.443. The molecule has 7 heteroatoms. The highest BCUT2D eigenvalue weighted by Crippen LogP contribution is 2.30. The number of alkyl halides is 3. The summed E-state index contributed by atoms with van der Waals surface area (Å²) < 4.78 is 42.7. The zero-order valence-corrected chi connectivity index (χ0v) is 11.0. The van der Waals surface area contributed by atoms with Crippen LogP contribution in [0.4, 0.5) is 18.9 Å². The highest BCUT2D eigenvalue weighted by atomic mass is 79.9. The lowest BCUT2D eigenvalue weighted by atomic mass is 10.1. The van der Waals surface area contributed by atoms with Gasteiger partial charge < -0.3 is 10.1 Å². The standard InChI is InChI=1S/C11H10BrF3N2O/c1-18-8-2-3-9(12)10(4-8)17-6-7(5-16)11(13,14)15/h2-4,7,17H,6H2,1H3. The van der Waals surface area contributed by atoms with E-state index in [0.29, 0.717) is 15.9 Å². The van der Waals surface area contributed by atoms with E-state index >= 15 is 0 Å². The maximum atomic E-state index is 12.4. The van der Waals surface area contributed by atoms with Gasteiger partial charge in [-0.2, -0.15) is 18.4 Å². The lowest BCUT2D eigenvalue weighted by Crippen LogP contribution is -2.28. The van der Waals surface area contributed by atoms with E-state index in [4.69, 9.17) is 10.00 Å². The molecule has 0 spiro atoms. The second-order valence-electron chi connectivity index (χ2n) is 3.45. The summed E-state index contributed by atoms with van der Waals surface area (Å²) in [6, 6.07) is 6.09. The van der Waals surface area contributed by atoms with Crippen molar-refractivity contribution in [2.24, 2.45) is 5.92 Å². The Hall–Kier alpha value is -1.42. The number of anilines is 1. The van der Waals surface area contributed by atoms with Crippen molar-refractivity contribution in [3.8, 4) is 11.8 Å². The van der Waals surface area contributed by atoms with Gasteiger partial charge in [-0.05, 0) is 28.1 Å². The largest absolute Gasteiger partial charge is 0.497 e. The minimum Gasteiger partial charge on any atom is -0.497 e. The maximum absolute atomic E-state index is 12.4. The Morgan fingerprint density at radius 1 is 1.50 bits per heavy atom. The molecule has 1 atom stereocenters. The number of methoxy groups -OCH3 is 1. The van der Waals surface area contributed by atoms with Gasteiger partial charge in [0.2, 0.25) is 0 Å². The third kappa shape index (κ3) is 3.81. The van der Waals surface area contributed by atoms with E-state index in [1.807, 2.05) is 0 Å². The Balaban J connectivity index is 2.77. The summed E-state index contributed by atoms with van der Waals surface area (Å²) in [4.78, 5) is 0. The smallest absolute Gasteiger partial charge is 0.406 e. The average molecular weight is 323 g/mol. The zero-order chi connectivity index (χ0) is 13.8. The molecule has 1 aromatic rings. The van der Waals surface area contributed by atoms with Crippen LogP contribution in [0.1, 0.15) is 0 Å². The lowest BCUT2D eigenvalue weighted by molar-refractivity contribution is -0.155. The first-order chi connectivity index (χ1) is 8.38. The van der Waals surface area contributed by atoms with Crippen LogP contribution in [0.2, 0.25) is 0 Å². The highest BCUT2D eigenvalue weighted by Gasteiger charge is 2.39. The van der Waals surface area contributed by atoms with Gasteiger partial charge in [-0.15, -0.1) is 0 Å². The van der Waals surface area contributed by atoms with Gasteiger partial charge in [0, 0.05) is 17.1 Å². The minimum atomic E-state index is -4.53. The fraction of sp³-hybridized carbons (Fsp3) is 0.364. The van der Waals surface area contributed by atoms with Crippen molar-refractivity contribution in [3.05, 3.63) is 22.7 Å². The molecule has 0 saturated heterocycles. The molecule has 3 nitrogen and oxygen atoms in total. The van der Waals surface area contributed by atoms with Crippen LogP contribution in [0.25, 0.3) is 0 Å². The summed E-state index contributed by atoms with van der Waals surface area (Å²) in [6.45, 7) is -0.508. The SMILES string of the molecule is COc1ccc(Br)c(NCC(C#N)C(F)(F)F)c1. The van der Waals surface area contributed by atoms with Crippen molar-refractivity contribution in [2.75, 3.05) is 19.0 Å². The van der Waals surface area contributed by atoms with Crippen LogP contribution in [0.3, 0.4) is 0 Å². The van der Waals surface area contributed by atoms with Crippen LogP contribution in [-0.4, -0.2) is 19.8 Å². The Morgan fingerprint density at radius 2 is 2.17 bits per heavy atom. The molecular formula is C11H10BrF3N2O. The molecule has 0 aliphatic heterocycles. The fourth-order valence-electron chi connectivity index (χ4n) is 1.21. The number of hydrogen-bond acceptors (Lipinski definition) is 3. The lowest BCUT2D eigenvalue weighted by Gasteiger charge is -2.16. The first kappa shape index (κ1) is 14.6. The molecular weight excluding hydrogens is 313 g/mol. The Bertz CT molecular complexity index is 457. The van der Waals surface area contributed by atoms with Crippen molar-refractivity contribution in [3.63, 3.8) is 0 Å². The van der Waals surface area contributed by atoms with Crippen molar-refractivity contribution in [2.45, 2.75) is 6.18 Å². The molecule has 1 aromatic carbocycles. The third-order valence-electron chi connectivity index (χ3n) is 2.22. The number of rotatable bonds is 4. The van der Waals surface area contributed by atoms with Gasteiger partial charge in [-0.1, -0.05) is 0 Å². The van der Waals surface area contributed by atoms with Gasteiger partial charge in [0.25, 0.3) is 0 Å². The molecule has 98 valence electrons. The molecule has 0 amide bonds. The van der Waals surface area contributed by atoms with E-state index in [1.165, 1.54) is 13.2 Å². The van der Waals surface area contributed by atoms with Gasteiger partial charge >= 0.3 is 6.18 Å². The molecule has 0 aliphatic rings. The molecule has 0 saturated carbocycles. The number of hydrogen-bond donors (Lipinski definition) is 1. The molecule has 18 heavy (non-hydrogen) atoms. The van der Waals surface area contributed by atoms with Crippen molar-refractivity contribution < 1.29 is 17.9 Å². The van der Waals surface area contributed by atoms with Crippen molar-refractivity contribution in [1.82, 2.24) is 0 Å². The Kier molecular flexibility index (Phi) is 4.84. The Morgan fingerprint density at radius 3 is 2.67 bits per heavy atom. The molecule has 1 N–H and O–H groups in total. The normalized spacial score (nSPS) is 12.7. The molecule has 0 radical (unpaired) electrons.